The Balaban J connectivity index is 1.09. The zero-order valence-electron chi connectivity index (χ0n) is 18.4. The summed E-state index contributed by atoms with van der Waals surface area (Å²) in [7, 11) is 0. The number of ketones is 1. The molecule has 2 aromatic heterocycles. The van der Waals surface area contributed by atoms with Gasteiger partial charge in [0.2, 0.25) is 0 Å². The van der Waals surface area contributed by atoms with E-state index < -0.39 is 0 Å². The second-order valence-electron chi connectivity index (χ2n) is 8.96. The molecule has 1 fully saturated rings. The van der Waals surface area contributed by atoms with E-state index >= 15 is 0 Å². The maximum atomic E-state index is 12.7. The maximum absolute atomic E-state index is 12.7. The molecule has 0 radical (unpaired) electrons. The summed E-state index contributed by atoms with van der Waals surface area (Å²) in [6.45, 7) is 3.36. The van der Waals surface area contributed by atoms with E-state index in [1.165, 1.54) is 23.3 Å². The fraction of sp³-hybridized carbons (Fsp3) is 0.423. The Kier molecular flexibility index (Phi) is 6.60. The van der Waals surface area contributed by atoms with Gasteiger partial charge in [-0.05, 0) is 93.2 Å². The highest BCUT2D eigenvalue weighted by molar-refractivity contribution is 7.09. The van der Waals surface area contributed by atoms with Crippen LogP contribution in [0.2, 0.25) is 0 Å². The van der Waals surface area contributed by atoms with Crippen LogP contribution in [0.5, 0.6) is 0 Å². The molecule has 166 valence electrons. The number of fused-ring (bicyclic) bond motifs is 1. The van der Waals surface area contributed by atoms with E-state index in [0.717, 1.165) is 68.1 Å². The molecule has 0 unspecified atom stereocenters. The zero-order chi connectivity index (χ0) is 21.8. The van der Waals surface area contributed by atoms with E-state index in [1.54, 1.807) is 6.33 Å². The number of likely N-dealkylation sites (tertiary alicyclic amines) is 1. The smallest absolute Gasteiger partial charge is 0.162 e. The first-order valence-corrected chi connectivity index (χ1v) is 12.6. The second kappa shape index (κ2) is 9.92. The van der Waals surface area contributed by atoms with Gasteiger partial charge in [0.05, 0.1) is 0 Å². The average Bonchev–Trinajstić information content (AvgIpc) is 3.51. The zero-order valence-corrected chi connectivity index (χ0v) is 19.2. The Hall–Kier alpha value is -2.57. The van der Waals surface area contributed by atoms with Gasteiger partial charge in [-0.1, -0.05) is 6.07 Å². The molecule has 32 heavy (non-hydrogen) atoms. The molecule has 1 aliphatic heterocycles. The fourth-order valence-electron chi connectivity index (χ4n) is 4.88. The number of carbonyl (C=O) groups is 1. The van der Waals surface area contributed by atoms with Crippen molar-refractivity contribution in [2.45, 2.75) is 51.5 Å². The standard InChI is InChI=1S/C26H30N4OS/c31-25(11-6-19-12-14-30(15-13-19)17-22-3-2-16-32-22)20-7-9-21(10-8-20)29-26-23-4-1-5-24(23)27-18-28-26/h2-3,7-10,16,18-19H,1,4-6,11-15,17H2,(H,27,28,29). The predicted molar refractivity (Wildman–Crippen MR) is 130 cm³/mol. The lowest BCUT2D eigenvalue weighted by Crippen LogP contribution is -2.33. The lowest BCUT2D eigenvalue weighted by molar-refractivity contribution is 0.0961. The van der Waals surface area contributed by atoms with Crippen molar-refractivity contribution < 1.29 is 4.79 Å². The quantitative estimate of drug-likeness (QED) is 0.454. The van der Waals surface area contributed by atoms with Gasteiger partial charge in [-0.25, -0.2) is 9.97 Å². The molecular weight excluding hydrogens is 416 g/mol. The number of carbonyl (C=O) groups excluding carboxylic acids is 1. The first kappa shape index (κ1) is 21.3. The number of aromatic nitrogens is 2. The molecule has 0 saturated carbocycles. The molecule has 0 amide bonds. The molecule has 3 aromatic rings. The summed E-state index contributed by atoms with van der Waals surface area (Å²) in [6.07, 6.45) is 8.88. The molecule has 3 heterocycles. The van der Waals surface area contributed by atoms with Crippen molar-refractivity contribution in [1.82, 2.24) is 14.9 Å². The molecular formula is C26H30N4OS. The highest BCUT2D eigenvalue weighted by Gasteiger charge is 2.21. The normalized spacial score (nSPS) is 16.8. The number of rotatable bonds is 8. The number of nitrogens with one attached hydrogen (secondary N) is 1. The molecule has 1 aliphatic carbocycles. The van der Waals surface area contributed by atoms with Gasteiger partial charge in [0.25, 0.3) is 0 Å². The Morgan fingerprint density at radius 3 is 2.72 bits per heavy atom. The average molecular weight is 447 g/mol. The molecule has 0 atom stereocenters. The molecule has 6 heteroatoms. The minimum absolute atomic E-state index is 0.250. The summed E-state index contributed by atoms with van der Waals surface area (Å²) in [4.78, 5) is 25.5. The van der Waals surface area contributed by atoms with E-state index in [9.17, 15) is 4.79 Å². The highest BCUT2D eigenvalue weighted by Crippen LogP contribution is 2.28. The number of Topliss-reactive ketones (excluding diaryl/α,β-unsaturated/α-hetero) is 1. The first-order valence-electron chi connectivity index (χ1n) is 11.7. The predicted octanol–water partition coefficient (Wildman–Crippen LogP) is 5.65. The van der Waals surface area contributed by atoms with Crippen LogP contribution < -0.4 is 5.32 Å². The largest absolute Gasteiger partial charge is 0.340 e. The van der Waals surface area contributed by atoms with Crippen LogP contribution >= 0.6 is 11.3 Å². The van der Waals surface area contributed by atoms with Crippen molar-refractivity contribution in [2.24, 2.45) is 5.92 Å². The van der Waals surface area contributed by atoms with Crippen molar-refractivity contribution in [3.8, 4) is 0 Å². The summed E-state index contributed by atoms with van der Waals surface area (Å²) >= 11 is 1.84. The van der Waals surface area contributed by atoms with Gasteiger partial charge in [-0.15, -0.1) is 11.3 Å². The number of anilines is 2. The summed E-state index contributed by atoms with van der Waals surface area (Å²) in [6, 6.07) is 12.2. The fourth-order valence-corrected chi connectivity index (χ4v) is 5.63. The van der Waals surface area contributed by atoms with Gasteiger partial charge in [0.15, 0.2) is 5.78 Å². The van der Waals surface area contributed by atoms with Gasteiger partial charge >= 0.3 is 0 Å². The van der Waals surface area contributed by atoms with Gasteiger partial charge < -0.3 is 5.32 Å². The highest BCUT2D eigenvalue weighted by atomic mass is 32.1. The summed E-state index contributed by atoms with van der Waals surface area (Å²) in [5, 5.41) is 5.56. The molecule has 1 saturated heterocycles. The van der Waals surface area contributed by atoms with Crippen LogP contribution in [0.15, 0.2) is 48.1 Å². The van der Waals surface area contributed by atoms with Crippen LogP contribution in [0.1, 0.15) is 58.6 Å². The number of nitrogens with zero attached hydrogens (tertiary/aromatic N) is 3. The van der Waals surface area contributed by atoms with Crippen LogP contribution in [0.4, 0.5) is 11.5 Å². The number of benzene rings is 1. The molecule has 2 aliphatic rings. The molecule has 5 nitrogen and oxygen atoms in total. The molecule has 0 bridgehead atoms. The Morgan fingerprint density at radius 1 is 1.09 bits per heavy atom. The SMILES string of the molecule is O=C(CCC1CCN(Cc2cccs2)CC1)c1ccc(Nc2ncnc3c2CCC3)cc1. The Morgan fingerprint density at radius 2 is 1.94 bits per heavy atom. The lowest BCUT2D eigenvalue weighted by atomic mass is 9.90. The molecule has 1 N–H and O–H groups in total. The van der Waals surface area contributed by atoms with E-state index in [-0.39, 0.29) is 5.78 Å². The molecule has 1 aromatic carbocycles. The summed E-state index contributed by atoms with van der Waals surface area (Å²) in [5.74, 6) is 1.82. The Labute approximate surface area is 193 Å². The monoisotopic (exact) mass is 446 g/mol. The van der Waals surface area contributed by atoms with Crippen molar-refractivity contribution in [3.63, 3.8) is 0 Å². The van der Waals surface area contributed by atoms with Crippen LogP contribution in [0, 0.1) is 5.92 Å². The van der Waals surface area contributed by atoms with Gasteiger partial charge in [0.1, 0.15) is 12.1 Å². The van der Waals surface area contributed by atoms with E-state index in [1.807, 2.05) is 35.6 Å². The van der Waals surface area contributed by atoms with Crippen LogP contribution in [0.25, 0.3) is 0 Å². The lowest BCUT2D eigenvalue weighted by Gasteiger charge is -2.31. The van der Waals surface area contributed by atoms with Gasteiger partial charge in [-0.2, -0.15) is 0 Å². The molecule has 5 rings (SSSR count). The summed E-state index contributed by atoms with van der Waals surface area (Å²) in [5.41, 5.74) is 4.16. The minimum atomic E-state index is 0.250. The Bertz CT molecular complexity index is 1040. The third-order valence-corrected chi connectivity index (χ3v) is 7.65. The number of aryl methyl sites for hydroxylation is 1. The number of thiophene rings is 1. The maximum Gasteiger partial charge on any atom is 0.162 e. The van der Waals surface area contributed by atoms with Crippen LogP contribution in [-0.2, 0) is 19.4 Å². The van der Waals surface area contributed by atoms with Gasteiger partial charge in [0, 0.05) is 40.4 Å². The van der Waals surface area contributed by atoms with Crippen molar-refractivity contribution in [3.05, 3.63) is 69.8 Å². The van der Waals surface area contributed by atoms with Crippen LogP contribution in [-0.4, -0.2) is 33.7 Å². The molecule has 0 spiro atoms. The third-order valence-electron chi connectivity index (χ3n) is 6.79. The van der Waals surface area contributed by atoms with Crippen molar-refractivity contribution in [1.29, 1.82) is 0 Å². The topological polar surface area (TPSA) is 58.1 Å². The summed E-state index contributed by atoms with van der Waals surface area (Å²) < 4.78 is 0. The second-order valence-corrected chi connectivity index (χ2v) is 10.00. The third kappa shape index (κ3) is 5.08. The number of hydrogen-bond acceptors (Lipinski definition) is 6. The van der Waals surface area contributed by atoms with E-state index in [4.69, 9.17) is 0 Å². The van der Waals surface area contributed by atoms with Crippen LogP contribution in [0.3, 0.4) is 0 Å². The van der Waals surface area contributed by atoms with Gasteiger partial charge in [-0.3, -0.25) is 9.69 Å². The number of piperidine rings is 1. The van der Waals surface area contributed by atoms with E-state index in [0.29, 0.717) is 12.3 Å². The minimum Gasteiger partial charge on any atom is -0.340 e. The first-order chi connectivity index (χ1) is 15.7. The van der Waals surface area contributed by atoms with Crippen molar-refractivity contribution in [2.75, 3.05) is 18.4 Å². The van der Waals surface area contributed by atoms with Crippen molar-refractivity contribution >= 4 is 28.6 Å². The van der Waals surface area contributed by atoms with E-state index in [2.05, 4.69) is 37.7 Å². The number of hydrogen-bond donors (Lipinski definition) is 1.